The molecular formula is C37H34N4O6S2. The van der Waals surface area contributed by atoms with Crippen LogP contribution in [-0.2, 0) is 9.59 Å². The summed E-state index contributed by atoms with van der Waals surface area (Å²) in [5.41, 5.74) is 3.05. The summed E-state index contributed by atoms with van der Waals surface area (Å²) >= 11 is 2.66. The van der Waals surface area contributed by atoms with Crippen molar-refractivity contribution >= 4 is 57.7 Å². The smallest absolute Gasteiger partial charge is 0.272 e. The Hall–Kier alpha value is -5.59. The summed E-state index contributed by atoms with van der Waals surface area (Å²) in [6.45, 7) is 1.79. The first kappa shape index (κ1) is 34.7. The Balaban J connectivity index is 1.28. The lowest BCUT2D eigenvalue weighted by Crippen LogP contribution is -2.30. The van der Waals surface area contributed by atoms with E-state index in [1.807, 2.05) is 35.7 Å². The minimum atomic E-state index is -0.540. The highest BCUT2D eigenvalue weighted by Gasteiger charge is 2.19. The Kier molecular flexibility index (Phi) is 11.7. The first-order valence-corrected chi connectivity index (χ1v) is 16.8. The SMILES string of the molecule is COc1ccc(/C=C(/NC(=O)c2ccccc2)C(=O)Nc2cccc(SC(C)C(=O)Nc3nc(-c4ccccc4OC)cs3)c2)cc1OC. The Morgan fingerprint density at radius 1 is 0.796 bits per heavy atom. The van der Waals surface area contributed by atoms with Crippen LogP contribution in [0.25, 0.3) is 17.3 Å². The monoisotopic (exact) mass is 694 g/mol. The van der Waals surface area contributed by atoms with E-state index in [0.29, 0.717) is 44.9 Å². The van der Waals surface area contributed by atoms with Gasteiger partial charge in [0.2, 0.25) is 5.91 Å². The summed E-state index contributed by atoms with van der Waals surface area (Å²) in [6, 6.07) is 28.5. The molecule has 0 aliphatic heterocycles. The van der Waals surface area contributed by atoms with E-state index in [4.69, 9.17) is 14.2 Å². The molecule has 4 aromatic carbocycles. The average Bonchev–Trinajstić information content (AvgIpc) is 3.59. The maximum atomic E-state index is 13.6. The second kappa shape index (κ2) is 16.5. The molecule has 0 bridgehead atoms. The van der Waals surface area contributed by atoms with E-state index in [2.05, 4.69) is 20.9 Å². The maximum absolute atomic E-state index is 13.6. The van der Waals surface area contributed by atoms with Gasteiger partial charge in [-0.2, -0.15) is 0 Å². The molecule has 3 amide bonds. The molecule has 5 aromatic rings. The van der Waals surface area contributed by atoms with Crippen molar-refractivity contribution < 1.29 is 28.6 Å². The molecule has 0 spiro atoms. The van der Waals surface area contributed by atoms with Crippen LogP contribution in [0.1, 0.15) is 22.8 Å². The number of benzene rings is 4. The summed E-state index contributed by atoms with van der Waals surface area (Å²) in [6.07, 6.45) is 1.56. The fraction of sp³-hybridized carbons (Fsp3) is 0.135. The van der Waals surface area contributed by atoms with Crippen molar-refractivity contribution in [2.24, 2.45) is 0 Å². The van der Waals surface area contributed by atoms with Crippen LogP contribution in [0.4, 0.5) is 10.8 Å². The number of hydrogen-bond donors (Lipinski definition) is 3. The molecule has 49 heavy (non-hydrogen) atoms. The van der Waals surface area contributed by atoms with Crippen LogP contribution in [0.3, 0.4) is 0 Å². The highest BCUT2D eigenvalue weighted by molar-refractivity contribution is 8.00. The predicted octanol–water partition coefficient (Wildman–Crippen LogP) is 7.36. The molecule has 1 atom stereocenters. The van der Waals surface area contributed by atoms with Crippen molar-refractivity contribution in [1.82, 2.24) is 10.3 Å². The summed E-state index contributed by atoms with van der Waals surface area (Å²) in [4.78, 5) is 45.1. The van der Waals surface area contributed by atoms with Crippen LogP contribution in [-0.4, -0.2) is 49.3 Å². The van der Waals surface area contributed by atoms with E-state index < -0.39 is 17.1 Å². The summed E-state index contributed by atoms with van der Waals surface area (Å²) in [7, 11) is 4.66. The molecule has 250 valence electrons. The molecule has 0 aliphatic rings. The minimum absolute atomic E-state index is 0.0165. The van der Waals surface area contributed by atoms with Crippen molar-refractivity contribution in [2.75, 3.05) is 32.0 Å². The number of rotatable bonds is 13. The molecular weight excluding hydrogens is 661 g/mol. The number of ether oxygens (including phenoxy) is 3. The van der Waals surface area contributed by atoms with Gasteiger partial charge in [-0.15, -0.1) is 23.1 Å². The van der Waals surface area contributed by atoms with Gasteiger partial charge in [-0.25, -0.2) is 4.98 Å². The average molecular weight is 695 g/mol. The molecule has 5 rings (SSSR count). The number of nitrogens with one attached hydrogen (secondary N) is 3. The normalized spacial score (nSPS) is 11.6. The third-order valence-corrected chi connectivity index (χ3v) is 8.99. The van der Waals surface area contributed by atoms with Gasteiger partial charge in [0.05, 0.1) is 32.3 Å². The van der Waals surface area contributed by atoms with E-state index in [1.165, 1.54) is 37.3 Å². The van der Waals surface area contributed by atoms with Crippen molar-refractivity contribution in [3.63, 3.8) is 0 Å². The van der Waals surface area contributed by atoms with Crippen molar-refractivity contribution in [1.29, 1.82) is 0 Å². The van der Waals surface area contributed by atoms with Gasteiger partial charge >= 0.3 is 0 Å². The molecule has 0 saturated carbocycles. The number of hydrogen-bond acceptors (Lipinski definition) is 9. The standard InChI is InChI=1S/C37H34N4O6S2/c1-23(34(42)41-37-40-30(22-48-37)28-15-8-9-16-31(28)45-2)49-27-14-10-13-26(21-27)38-36(44)29(39-35(43)25-11-6-5-7-12-25)19-24-17-18-32(46-3)33(20-24)47-4/h5-23H,1-4H3,(H,38,44)(H,39,43)(H,40,41,42)/b29-19+. The first-order chi connectivity index (χ1) is 23.8. The summed E-state index contributed by atoms with van der Waals surface area (Å²) in [5, 5.41) is 10.4. The summed E-state index contributed by atoms with van der Waals surface area (Å²) in [5.74, 6) is 0.497. The molecule has 1 aromatic heterocycles. The zero-order chi connectivity index (χ0) is 34.8. The van der Waals surface area contributed by atoms with Gasteiger partial charge < -0.3 is 30.2 Å². The molecule has 0 radical (unpaired) electrons. The van der Waals surface area contributed by atoms with Gasteiger partial charge in [-0.05, 0) is 73.2 Å². The Morgan fingerprint density at radius 3 is 2.29 bits per heavy atom. The lowest BCUT2D eigenvalue weighted by Gasteiger charge is -2.14. The van der Waals surface area contributed by atoms with Crippen LogP contribution in [0.5, 0.6) is 17.2 Å². The number of amides is 3. The van der Waals surface area contributed by atoms with Crippen LogP contribution in [0.15, 0.2) is 113 Å². The second-order valence-electron chi connectivity index (χ2n) is 10.5. The number of nitrogens with zero attached hydrogens (tertiary/aromatic N) is 1. The van der Waals surface area contributed by atoms with E-state index in [-0.39, 0.29) is 11.6 Å². The second-order valence-corrected chi connectivity index (χ2v) is 12.7. The molecule has 10 nitrogen and oxygen atoms in total. The highest BCUT2D eigenvalue weighted by atomic mass is 32.2. The maximum Gasteiger partial charge on any atom is 0.272 e. The zero-order valence-corrected chi connectivity index (χ0v) is 28.8. The number of thioether (sulfide) groups is 1. The Labute approximate surface area is 292 Å². The fourth-order valence-electron chi connectivity index (χ4n) is 4.67. The molecule has 1 unspecified atom stereocenters. The quantitative estimate of drug-likeness (QED) is 0.0862. The fourth-order valence-corrected chi connectivity index (χ4v) is 6.31. The van der Waals surface area contributed by atoms with Crippen LogP contribution in [0, 0.1) is 0 Å². The topological polar surface area (TPSA) is 128 Å². The van der Waals surface area contributed by atoms with Gasteiger partial charge in [0.15, 0.2) is 16.6 Å². The molecule has 3 N–H and O–H groups in total. The van der Waals surface area contributed by atoms with Gasteiger partial charge in [-0.1, -0.05) is 42.5 Å². The van der Waals surface area contributed by atoms with Crippen molar-refractivity contribution in [3.8, 4) is 28.5 Å². The van der Waals surface area contributed by atoms with Crippen LogP contribution >= 0.6 is 23.1 Å². The third kappa shape index (κ3) is 9.06. The number of methoxy groups -OCH3 is 3. The van der Waals surface area contributed by atoms with Crippen LogP contribution in [0.2, 0.25) is 0 Å². The molecule has 1 heterocycles. The zero-order valence-electron chi connectivity index (χ0n) is 27.2. The minimum Gasteiger partial charge on any atom is -0.496 e. The molecule has 0 aliphatic carbocycles. The van der Waals surface area contributed by atoms with Gasteiger partial charge in [0.1, 0.15) is 11.4 Å². The van der Waals surface area contributed by atoms with Crippen molar-refractivity contribution in [3.05, 3.63) is 119 Å². The third-order valence-electron chi connectivity index (χ3n) is 7.14. The number of carbonyl (C=O) groups excluding carboxylic acids is 3. The number of thiazole rings is 1. The highest BCUT2D eigenvalue weighted by Crippen LogP contribution is 2.33. The number of carbonyl (C=O) groups is 3. The molecule has 0 fully saturated rings. The van der Waals surface area contributed by atoms with Gasteiger partial charge in [0, 0.05) is 27.1 Å². The van der Waals surface area contributed by atoms with E-state index >= 15 is 0 Å². The lowest BCUT2D eigenvalue weighted by atomic mass is 10.1. The number of para-hydroxylation sites is 1. The van der Waals surface area contributed by atoms with Gasteiger partial charge in [0.25, 0.3) is 11.8 Å². The number of anilines is 2. The van der Waals surface area contributed by atoms with Crippen molar-refractivity contribution in [2.45, 2.75) is 17.1 Å². The lowest BCUT2D eigenvalue weighted by molar-refractivity contribution is -0.115. The predicted molar refractivity (Wildman–Crippen MR) is 195 cm³/mol. The number of aromatic nitrogens is 1. The van der Waals surface area contributed by atoms with E-state index in [1.54, 1.807) is 86.8 Å². The first-order valence-electron chi connectivity index (χ1n) is 15.1. The van der Waals surface area contributed by atoms with Gasteiger partial charge in [-0.3, -0.25) is 14.4 Å². The Morgan fingerprint density at radius 2 is 1.53 bits per heavy atom. The van der Waals surface area contributed by atoms with E-state index in [0.717, 1.165) is 10.5 Å². The van der Waals surface area contributed by atoms with E-state index in [9.17, 15) is 14.4 Å². The largest absolute Gasteiger partial charge is 0.496 e. The molecule has 0 saturated heterocycles. The van der Waals surface area contributed by atoms with Crippen LogP contribution < -0.4 is 30.2 Å². The summed E-state index contributed by atoms with van der Waals surface area (Å²) < 4.78 is 16.2. The molecule has 12 heteroatoms. The Bertz CT molecular complexity index is 1980.